The Morgan fingerprint density at radius 1 is 1.04 bits per heavy atom. The van der Waals surface area contributed by atoms with Gasteiger partial charge in [-0.25, -0.2) is 0 Å². The van der Waals surface area contributed by atoms with Crippen molar-refractivity contribution in [3.05, 3.63) is 56.7 Å². The summed E-state index contributed by atoms with van der Waals surface area (Å²) in [5.74, 6) is 0.464. The lowest BCUT2D eigenvalue weighted by atomic mass is 10.1. The Morgan fingerprint density at radius 2 is 1.77 bits per heavy atom. The molecule has 0 aromatic heterocycles. The SMILES string of the molecule is COc1ccc(C(=O)NNC(=O)C(C)Oc2cc(C)ccc2C)cc1I. The molecule has 2 aromatic carbocycles. The first kappa shape index (κ1) is 20.0. The summed E-state index contributed by atoms with van der Waals surface area (Å²) in [5.41, 5.74) is 7.17. The quantitative estimate of drug-likeness (QED) is 0.523. The average Bonchev–Trinajstić information content (AvgIpc) is 2.62. The molecule has 2 aromatic rings. The highest BCUT2D eigenvalue weighted by Crippen LogP contribution is 2.22. The zero-order valence-electron chi connectivity index (χ0n) is 15.1. The third kappa shape index (κ3) is 5.10. The molecule has 0 aliphatic carbocycles. The van der Waals surface area contributed by atoms with E-state index >= 15 is 0 Å². The van der Waals surface area contributed by atoms with E-state index in [1.165, 1.54) is 0 Å². The van der Waals surface area contributed by atoms with Crippen molar-refractivity contribution >= 4 is 34.4 Å². The van der Waals surface area contributed by atoms with Crippen molar-refractivity contribution in [3.8, 4) is 11.5 Å². The van der Waals surface area contributed by atoms with Crippen LogP contribution in [0.1, 0.15) is 28.4 Å². The molecule has 2 amide bonds. The summed E-state index contributed by atoms with van der Waals surface area (Å²) in [4.78, 5) is 24.3. The first-order chi connectivity index (χ1) is 12.3. The monoisotopic (exact) mass is 468 g/mol. The van der Waals surface area contributed by atoms with Crippen molar-refractivity contribution in [2.75, 3.05) is 7.11 Å². The molecule has 138 valence electrons. The van der Waals surface area contributed by atoms with Crippen LogP contribution < -0.4 is 20.3 Å². The van der Waals surface area contributed by atoms with Crippen LogP contribution in [0.3, 0.4) is 0 Å². The second kappa shape index (κ2) is 8.88. The number of rotatable bonds is 5. The topological polar surface area (TPSA) is 76.7 Å². The normalized spacial score (nSPS) is 11.4. The van der Waals surface area contributed by atoms with Gasteiger partial charge in [0.25, 0.3) is 11.8 Å². The number of benzene rings is 2. The van der Waals surface area contributed by atoms with Gasteiger partial charge in [0.1, 0.15) is 11.5 Å². The molecule has 0 radical (unpaired) electrons. The van der Waals surface area contributed by atoms with E-state index in [2.05, 4.69) is 33.4 Å². The third-order valence-electron chi connectivity index (χ3n) is 3.73. The number of hydrazine groups is 1. The molecular weight excluding hydrogens is 447 g/mol. The van der Waals surface area contributed by atoms with Gasteiger partial charge in [0.2, 0.25) is 0 Å². The van der Waals surface area contributed by atoms with Crippen molar-refractivity contribution in [3.63, 3.8) is 0 Å². The third-order valence-corrected chi connectivity index (χ3v) is 4.57. The van der Waals surface area contributed by atoms with Crippen molar-refractivity contribution in [1.29, 1.82) is 0 Å². The number of amides is 2. The second-order valence-electron chi connectivity index (χ2n) is 5.82. The molecule has 0 aliphatic heterocycles. The molecule has 0 fully saturated rings. The van der Waals surface area contributed by atoms with Gasteiger partial charge in [-0.3, -0.25) is 20.4 Å². The van der Waals surface area contributed by atoms with Gasteiger partial charge in [0, 0.05) is 5.56 Å². The number of methoxy groups -OCH3 is 1. The second-order valence-corrected chi connectivity index (χ2v) is 6.98. The molecule has 0 saturated heterocycles. The van der Waals surface area contributed by atoms with Crippen LogP contribution in [0.15, 0.2) is 36.4 Å². The summed E-state index contributed by atoms with van der Waals surface area (Å²) >= 11 is 2.08. The molecule has 0 aliphatic rings. The van der Waals surface area contributed by atoms with Crippen LogP contribution in [0, 0.1) is 17.4 Å². The van der Waals surface area contributed by atoms with Gasteiger partial charge in [0.05, 0.1) is 10.7 Å². The summed E-state index contributed by atoms with van der Waals surface area (Å²) in [6.45, 7) is 5.49. The van der Waals surface area contributed by atoms with Crippen molar-refractivity contribution in [2.45, 2.75) is 26.9 Å². The number of carbonyl (C=O) groups is 2. The summed E-state index contributed by atoms with van der Waals surface area (Å²) in [6, 6.07) is 10.8. The van der Waals surface area contributed by atoms with Crippen LogP contribution in [0.25, 0.3) is 0 Å². The van der Waals surface area contributed by atoms with Gasteiger partial charge in [-0.2, -0.15) is 0 Å². The molecule has 0 bridgehead atoms. The smallest absolute Gasteiger partial charge is 0.279 e. The maximum atomic E-state index is 12.2. The fourth-order valence-electron chi connectivity index (χ4n) is 2.18. The molecule has 0 heterocycles. The lowest BCUT2D eigenvalue weighted by molar-refractivity contribution is -0.128. The molecule has 0 saturated carbocycles. The van der Waals surface area contributed by atoms with Gasteiger partial charge in [-0.05, 0) is 78.8 Å². The summed E-state index contributed by atoms with van der Waals surface area (Å²) in [5, 5.41) is 0. The number of nitrogens with one attached hydrogen (secondary N) is 2. The van der Waals surface area contributed by atoms with E-state index in [0.717, 1.165) is 14.7 Å². The Labute approximate surface area is 166 Å². The number of hydrogen-bond acceptors (Lipinski definition) is 4. The molecule has 1 atom stereocenters. The van der Waals surface area contributed by atoms with E-state index in [0.29, 0.717) is 17.1 Å². The van der Waals surface area contributed by atoms with Gasteiger partial charge in [-0.15, -0.1) is 0 Å². The predicted octanol–water partition coefficient (Wildman–Crippen LogP) is 3.15. The number of aryl methyl sites for hydroxylation is 2. The van der Waals surface area contributed by atoms with Crippen molar-refractivity contribution in [2.24, 2.45) is 0 Å². The first-order valence-electron chi connectivity index (χ1n) is 7.99. The maximum Gasteiger partial charge on any atom is 0.279 e. The summed E-state index contributed by atoms with van der Waals surface area (Å²) < 4.78 is 11.7. The predicted molar refractivity (Wildman–Crippen MR) is 107 cm³/mol. The van der Waals surface area contributed by atoms with Gasteiger partial charge in [-0.1, -0.05) is 12.1 Å². The molecule has 2 rings (SSSR count). The van der Waals surface area contributed by atoms with E-state index in [1.807, 2.05) is 32.0 Å². The zero-order valence-corrected chi connectivity index (χ0v) is 17.2. The number of hydrogen-bond donors (Lipinski definition) is 2. The molecule has 0 spiro atoms. The Morgan fingerprint density at radius 3 is 2.42 bits per heavy atom. The highest BCUT2D eigenvalue weighted by atomic mass is 127. The van der Waals surface area contributed by atoms with Gasteiger partial charge in [0.15, 0.2) is 6.10 Å². The molecule has 6 nitrogen and oxygen atoms in total. The van der Waals surface area contributed by atoms with Crippen LogP contribution in [-0.2, 0) is 4.79 Å². The molecule has 2 N–H and O–H groups in total. The highest BCUT2D eigenvalue weighted by Gasteiger charge is 2.17. The van der Waals surface area contributed by atoms with E-state index in [1.54, 1.807) is 32.2 Å². The Bertz CT molecular complexity index is 823. The first-order valence-corrected chi connectivity index (χ1v) is 9.07. The largest absolute Gasteiger partial charge is 0.496 e. The van der Waals surface area contributed by atoms with E-state index in [-0.39, 0.29) is 0 Å². The van der Waals surface area contributed by atoms with E-state index in [9.17, 15) is 9.59 Å². The van der Waals surface area contributed by atoms with Crippen LogP contribution in [-0.4, -0.2) is 25.0 Å². The number of ether oxygens (including phenoxy) is 2. The van der Waals surface area contributed by atoms with Crippen LogP contribution in [0.5, 0.6) is 11.5 Å². The average molecular weight is 468 g/mol. The minimum atomic E-state index is -0.758. The maximum absolute atomic E-state index is 12.2. The lowest BCUT2D eigenvalue weighted by Gasteiger charge is -2.17. The zero-order chi connectivity index (χ0) is 19.3. The number of carbonyl (C=O) groups excluding carboxylic acids is 2. The van der Waals surface area contributed by atoms with Crippen molar-refractivity contribution in [1.82, 2.24) is 10.9 Å². The minimum absolute atomic E-state index is 0.415. The fraction of sp³-hybridized carbons (Fsp3) is 0.263. The Kier molecular flexibility index (Phi) is 6.84. The molecule has 26 heavy (non-hydrogen) atoms. The van der Waals surface area contributed by atoms with Crippen LogP contribution in [0.2, 0.25) is 0 Å². The van der Waals surface area contributed by atoms with E-state index < -0.39 is 17.9 Å². The summed E-state index contributed by atoms with van der Waals surface area (Å²) in [7, 11) is 1.56. The van der Waals surface area contributed by atoms with Gasteiger partial charge >= 0.3 is 0 Å². The van der Waals surface area contributed by atoms with Gasteiger partial charge < -0.3 is 9.47 Å². The van der Waals surface area contributed by atoms with Crippen molar-refractivity contribution < 1.29 is 19.1 Å². The Hall–Kier alpha value is -2.29. The number of halogens is 1. The fourth-order valence-corrected chi connectivity index (χ4v) is 2.91. The standard InChI is InChI=1S/C19H21IN2O4/c1-11-5-6-12(2)17(9-11)26-13(3)18(23)21-22-19(24)14-7-8-16(25-4)15(20)10-14/h5-10,13H,1-4H3,(H,21,23)(H,22,24). The lowest BCUT2D eigenvalue weighted by Crippen LogP contribution is -2.47. The molecular formula is C19H21IN2O4. The Balaban J connectivity index is 1.93. The highest BCUT2D eigenvalue weighted by molar-refractivity contribution is 14.1. The molecule has 1 unspecified atom stereocenters. The molecule has 7 heteroatoms. The van der Waals surface area contributed by atoms with Crippen LogP contribution in [0.4, 0.5) is 0 Å². The summed E-state index contributed by atoms with van der Waals surface area (Å²) in [6.07, 6.45) is -0.758. The van der Waals surface area contributed by atoms with E-state index in [4.69, 9.17) is 9.47 Å². The minimum Gasteiger partial charge on any atom is -0.496 e. The van der Waals surface area contributed by atoms with Crippen LogP contribution >= 0.6 is 22.6 Å².